The molecule has 1 aromatic carbocycles. The Hall–Kier alpha value is -1.88. The van der Waals surface area contributed by atoms with E-state index in [0.717, 1.165) is 19.3 Å². The molecule has 114 valence electrons. The highest BCUT2D eigenvalue weighted by atomic mass is 16.2. The number of rotatable bonds is 4. The van der Waals surface area contributed by atoms with E-state index in [4.69, 9.17) is 5.73 Å². The molecule has 1 aromatic rings. The molecule has 1 heterocycles. The van der Waals surface area contributed by atoms with Crippen molar-refractivity contribution in [1.29, 1.82) is 0 Å². The Bertz CT molecular complexity index is 508. The predicted molar refractivity (Wildman–Crippen MR) is 82.2 cm³/mol. The summed E-state index contributed by atoms with van der Waals surface area (Å²) in [5, 5.41) is 2.82. The van der Waals surface area contributed by atoms with Gasteiger partial charge in [-0.1, -0.05) is 13.0 Å². The molecular formula is C16H23N3O2. The summed E-state index contributed by atoms with van der Waals surface area (Å²) in [5.74, 6) is -0.154. The maximum absolute atomic E-state index is 12.4. The fraction of sp³-hybridized carbons (Fsp3) is 0.500. The summed E-state index contributed by atoms with van der Waals surface area (Å²) in [6.45, 7) is 4.01. The van der Waals surface area contributed by atoms with Crippen molar-refractivity contribution in [3.8, 4) is 0 Å². The third-order valence-electron chi connectivity index (χ3n) is 3.73. The Balaban J connectivity index is 2.06. The maximum atomic E-state index is 12.4. The van der Waals surface area contributed by atoms with Crippen molar-refractivity contribution in [1.82, 2.24) is 10.2 Å². The third kappa shape index (κ3) is 4.04. The topological polar surface area (TPSA) is 75.4 Å². The molecule has 5 nitrogen and oxygen atoms in total. The van der Waals surface area contributed by atoms with E-state index in [9.17, 15) is 9.59 Å². The number of hydrogen-bond donors (Lipinski definition) is 2. The lowest BCUT2D eigenvalue weighted by molar-refractivity contribution is 0.0714. The summed E-state index contributed by atoms with van der Waals surface area (Å²) in [6.07, 6.45) is 2.56. The fourth-order valence-electron chi connectivity index (χ4n) is 2.42. The Morgan fingerprint density at radius 1 is 1.29 bits per heavy atom. The van der Waals surface area contributed by atoms with Crippen LogP contribution in [0.5, 0.6) is 0 Å². The van der Waals surface area contributed by atoms with Gasteiger partial charge in [0.1, 0.15) is 0 Å². The number of amides is 2. The molecule has 1 fully saturated rings. The second kappa shape index (κ2) is 7.22. The summed E-state index contributed by atoms with van der Waals surface area (Å²) in [6, 6.07) is 7.10. The van der Waals surface area contributed by atoms with Gasteiger partial charge in [-0.2, -0.15) is 0 Å². The third-order valence-corrected chi connectivity index (χ3v) is 3.73. The van der Waals surface area contributed by atoms with E-state index in [-0.39, 0.29) is 17.9 Å². The molecule has 0 atom stereocenters. The minimum Gasteiger partial charge on any atom is -0.352 e. The van der Waals surface area contributed by atoms with Gasteiger partial charge in [-0.3, -0.25) is 9.59 Å². The lowest BCUT2D eigenvalue weighted by atomic mass is 10.0. The lowest BCUT2D eigenvalue weighted by Gasteiger charge is -2.30. The van der Waals surface area contributed by atoms with Gasteiger partial charge >= 0.3 is 0 Å². The van der Waals surface area contributed by atoms with Crippen molar-refractivity contribution in [2.24, 2.45) is 5.73 Å². The van der Waals surface area contributed by atoms with Crippen LogP contribution in [-0.4, -0.2) is 42.4 Å². The number of nitrogens with two attached hydrogens (primary N) is 1. The van der Waals surface area contributed by atoms with Gasteiger partial charge in [-0.05, 0) is 37.5 Å². The molecule has 2 rings (SSSR count). The van der Waals surface area contributed by atoms with Crippen molar-refractivity contribution in [2.75, 3.05) is 19.6 Å². The molecule has 1 saturated heterocycles. The van der Waals surface area contributed by atoms with Crippen LogP contribution in [0.2, 0.25) is 0 Å². The quantitative estimate of drug-likeness (QED) is 0.879. The van der Waals surface area contributed by atoms with Crippen molar-refractivity contribution >= 4 is 11.8 Å². The number of benzene rings is 1. The Kier molecular flexibility index (Phi) is 5.33. The van der Waals surface area contributed by atoms with Gasteiger partial charge < -0.3 is 16.0 Å². The minimum absolute atomic E-state index is 0.0213. The van der Waals surface area contributed by atoms with Crippen molar-refractivity contribution in [3.63, 3.8) is 0 Å². The van der Waals surface area contributed by atoms with Crippen LogP contribution in [0.3, 0.4) is 0 Å². The molecule has 0 aliphatic carbocycles. The van der Waals surface area contributed by atoms with Crippen molar-refractivity contribution in [2.45, 2.75) is 32.2 Å². The average Bonchev–Trinajstić information content (AvgIpc) is 2.52. The number of nitrogens with zero attached hydrogens (tertiary/aromatic N) is 1. The second-order valence-electron chi connectivity index (χ2n) is 5.47. The molecule has 2 amide bonds. The molecule has 0 aromatic heterocycles. The van der Waals surface area contributed by atoms with Crippen LogP contribution in [-0.2, 0) is 0 Å². The molecule has 3 N–H and O–H groups in total. The largest absolute Gasteiger partial charge is 0.352 e. The normalized spacial score (nSPS) is 15.8. The Morgan fingerprint density at radius 2 is 1.95 bits per heavy atom. The first-order chi connectivity index (χ1) is 10.1. The first-order valence-electron chi connectivity index (χ1n) is 7.55. The molecule has 21 heavy (non-hydrogen) atoms. The van der Waals surface area contributed by atoms with E-state index in [2.05, 4.69) is 5.32 Å². The molecule has 0 radical (unpaired) electrons. The van der Waals surface area contributed by atoms with E-state index in [1.54, 1.807) is 24.3 Å². The molecule has 0 spiro atoms. The predicted octanol–water partition coefficient (Wildman–Crippen LogP) is 1.39. The van der Waals surface area contributed by atoms with Gasteiger partial charge in [-0.15, -0.1) is 0 Å². The van der Waals surface area contributed by atoms with Gasteiger partial charge in [0, 0.05) is 36.8 Å². The highest BCUT2D eigenvalue weighted by molar-refractivity contribution is 5.99. The van der Waals surface area contributed by atoms with Crippen LogP contribution >= 0.6 is 0 Å². The highest BCUT2D eigenvalue weighted by Gasteiger charge is 2.22. The Labute approximate surface area is 125 Å². The zero-order valence-electron chi connectivity index (χ0n) is 12.5. The van der Waals surface area contributed by atoms with Crippen LogP contribution in [0.25, 0.3) is 0 Å². The molecule has 0 saturated carbocycles. The molecule has 1 aliphatic heterocycles. The summed E-state index contributed by atoms with van der Waals surface area (Å²) in [4.78, 5) is 26.2. The summed E-state index contributed by atoms with van der Waals surface area (Å²) < 4.78 is 0. The van der Waals surface area contributed by atoms with Gasteiger partial charge in [0.05, 0.1) is 0 Å². The zero-order chi connectivity index (χ0) is 15.2. The minimum atomic E-state index is -0.132. The van der Waals surface area contributed by atoms with Crippen LogP contribution in [0, 0.1) is 0 Å². The smallest absolute Gasteiger partial charge is 0.253 e. The van der Waals surface area contributed by atoms with Crippen LogP contribution in [0.1, 0.15) is 46.9 Å². The number of hydrogen-bond acceptors (Lipinski definition) is 3. The molecular weight excluding hydrogens is 266 g/mol. The summed E-state index contributed by atoms with van der Waals surface area (Å²) in [5.41, 5.74) is 6.95. The monoisotopic (exact) mass is 289 g/mol. The zero-order valence-corrected chi connectivity index (χ0v) is 12.5. The van der Waals surface area contributed by atoms with Gasteiger partial charge in [0.25, 0.3) is 11.8 Å². The van der Waals surface area contributed by atoms with Crippen LogP contribution in [0.4, 0.5) is 0 Å². The van der Waals surface area contributed by atoms with Gasteiger partial charge in [-0.25, -0.2) is 0 Å². The standard InChI is InChI=1S/C16H23N3O2/c1-2-8-18-15(20)12-4-3-5-13(11-12)16(21)19-9-6-14(17)7-10-19/h3-5,11,14H,2,6-10,17H2,1H3,(H,18,20). The average molecular weight is 289 g/mol. The number of carbonyl (C=O) groups is 2. The molecule has 1 aliphatic rings. The first-order valence-corrected chi connectivity index (χ1v) is 7.55. The highest BCUT2D eigenvalue weighted by Crippen LogP contribution is 2.14. The van der Waals surface area contributed by atoms with E-state index >= 15 is 0 Å². The van der Waals surface area contributed by atoms with Crippen LogP contribution < -0.4 is 11.1 Å². The van der Waals surface area contributed by atoms with Crippen molar-refractivity contribution in [3.05, 3.63) is 35.4 Å². The van der Waals surface area contributed by atoms with Crippen molar-refractivity contribution < 1.29 is 9.59 Å². The number of piperidine rings is 1. The number of likely N-dealkylation sites (tertiary alicyclic amines) is 1. The first kappa shape index (κ1) is 15.5. The van der Waals surface area contributed by atoms with E-state index < -0.39 is 0 Å². The summed E-state index contributed by atoms with van der Waals surface area (Å²) in [7, 11) is 0. The van der Waals surface area contributed by atoms with E-state index in [1.807, 2.05) is 11.8 Å². The maximum Gasteiger partial charge on any atom is 0.253 e. The van der Waals surface area contributed by atoms with E-state index in [0.29, 0.717) is 30.8 Å². The second-order valence-corrected chi connectivity index (χ2v) is 5.47. The summed E-state index contributed by atoms with van der Waals surface area (Å²) >= 11 is 0. The van der Waals surface area contributed by atoms with Gasteiger partial charge in [0.2, 0.25) is 0 Å². The molecule has 0 bridgehead atoms. The lowest BCUT2D eigenvalue weighted by Crippen LogP contribution is -2.42. The molecule has 0 unspecified atom stereocenters. The SMILES string of the molecule is CCCNC(=O)c1cccc(C(=O)N2CCC(N)CC2)c1. The molecule has 5 heteroatoms. The van der Waals surface area contributed by atoms with Gasteiger partial charge in [0.15, 0.2) is 0 Å². The van der Waals surface area contributed by atoms with Crippen LogP contribution in [0.15, 0.2) is 24.3 Å². The number of carbonyl (C=O) groups excluding carboxylic acids is 2. The van der Waals surface area contributed by atoms with E-state index in [1.165, 1.54) is 0 Å². The fourth-order valence-corrected chi connectivity index (χ4v) is 2.42. The Morgan fingerprint density at radius 3 is 2.62 bits per heavy atom. The number of nitrogens with one attached hydrogen (secondary N) is 1.